The molecule has 16 heavy (non-hydrogen) atoms. The third-order valence-corrected chi connectivity index (χ3v) is 2.22. The number of nitrogens with one attached hydrogen (secondary N) is 2. The normalized spacial score (nSPS) is 11.2. The van der Waals surface area contributed by atoms with E-state index in [1.165, 1.54) is 16.7 Å². The van der Waals surface area contributed by atoms with Gasteiger partial charge in [0.05, 0.1) is 0 Å². The van der Waals surface area contributed by atoms with Gasteiger partial charge in [0.15, 0.2) is 10.3 Å². The molecule has 0 saturated heterocycles. The number of carbonyl (C=O) groups is 1. The number of urea groups is 1. The molecule has 0 bridgehead atoms. The van der Waals surface area contributed by atoms with Gasteiger partial charge < -0.3 is 10.2 Å². The molecule has 0 unspecified atom stereocenters. The van der Waals surface area contributed by atoms with Gasteiger partial charge in [0.25, 0.3) is 0 Å². The fraction of sp³-hybridized carbons (Fsp3) is 0.667. The third-order valence-electron chi connectivity index (χ3n) is 1.43. The van der Waals surface area contributed by atoms with Crippen molar-refractivity contribution in [1.82, 2.24) is 15.5 Å². The minimum Gasteiger partial charge on any atom is -0.359 e. The van der Waals surface area contributed by atoms with Crippen molar-refractivity contribution in [3.05, 3.63) is 0 Å². The summed E-state index contributed by atoms with van der Waals surface area (Å²) in [6, 6.07) is 0.00403. The smallest absolute Gasteiger partial charge is 0.322 e. The molecule has 5 nitrogen and oxygen atoms in total. The number of thioether (sulfide) groups is 1. The fourth-order valence-electron chi connectivity index (χ4n) is 0.699. The van der Waals surface area contributed by atoms with Crippen molar-refractivity contribution in [2.45, 2.75) is 19.9 Å². The maximum Gasteiger partial charge on any atom is 0.322 e. The first-order valence-corrected chi connectivity index (χ1v) is 6.41. The van der Waals surface area contributed by atoms with Gasteiger partial charge in [0, 0.05) is 20.1 Å². The Hall–Kier alpha value is -0.820. The second kappa shape index (κ2) is 7.45. The van der Waals surface area contributed by atoms with Crippen LogP contribution in [0.4, 0.5) is 4.79 Å². The molecule has 0 aromatic rings. The first kappa shape index (κ1) is 15.2. The van der Waals surface area contributed by atoms with Crippen LogP contribution in [0.15, 0.2) is 4.99 Å². The van der Waals surface area contributed by atoms with Crippen LogP contribution in [-0.2, 0) is 0 Å². The average molecular weight is 262 g/mol. The van der Waals surface area contributed by atoms with E-state index in [0.29, 0.717) is 10.3 Å². The van der Waals surface area contributed by atoms with Crippen molar-refractivity contribution < 1.29 is 4.79 Å². The van der Waals surface area contributed by atoms with Gasteiger partial charge in [-0.05, 0) is 32.3 Å². The number of carbonyl (C=O) groups excluding carboxylic acids is 1. The van der Waals surface area contributed by atoms with Gasteiger partial charge in [0.1, 0.15) is 0 Å². The first-order chi connectivity index (χ1) is 7.36. The molecule has 0 aromatic heterocycles. The number of thiocarbonyl (C=S) groups is 1. The molecule has 0 saturated carbocycles. The van der Waals surface area contributed by atoms with E-state index in [0.717, 1.165) is 0 Å². The number of hydrogen-bond donors (Lipinski definition) is 2. The molecule has 92 valence electrons. The summed E-state index contributed by atoms with van der Waals surface area (Å²) >= 11 is 6.35. The Morgan fingerprint density at radius 2 is 2.00 bits per heavy atom. The summed E-state index contributed by atoms with van der Waals surface area (Å²) in [6.45, 7) is 3.94. The summed E-state index contributed by atoms with van der Waals surface area (Å²) in [7, 11) is 3.33. The summed E-state index contributed by atoms with van der Waals surface area (Å²) in [6.07, 6.45) is 1.83. The molecule has 0 rings (SSSR count). The Morgan fingerprint density at radius 3 is 2.38 bits per heavy atom. The maximum absolute atomic E-state index is 11.4. The molecule has 0 fully saturated rings. The lowest BCUT2D eigenvalue weighted by Gasteiger charge is -2.13. The highest BCUT2D eigenvalue weighted by Gasteiger charge is 2.07. The number of amides is 2. The summed E-state index contributed by atoms with van der Waals surface area (Å²) in [4.78, 5) is 16.9. The van der Waals surface area contributed by atoms with Crippen molar-refractivity contribution in [2.24, 2.45) is 4.99 Å². The molecule has 2 amide bonds. The molecule has 0 aliphatic rings. The van der Waals surface area contributed by atoms with Crippen LogP contribution in [0.2, 0.25) is 0 Å². The van der Waals surface area contributed by atoms with Crippen LogP contribution >= 0.6 is 24.0 Å². The zero-order chi connectivity index (χ0) is 12.7. The van der Waals surface area contributed by atoms with Gasteiger partial charge in [-0.25, -0.2) is 4.79 Å². The van der Waals surface area contributed by atoms with Crippen molar-refractivity contribution in [3.8, 4) is 0 Å². The zero-order valence-corrected chi connectivity index (χ0v) is 11.8. The van der Waals surface area contributed by atoms with E-state index in [1.54, 1.807) is 14.1 Å². The SMILES string of the molecule is CSC(=NC(=S)NC(C)C)NC(=O)N(C)C. The highest BCUT2D eigenvalue weighted by atomic mass is 32.2. The van der Waals surface area contributed by atoms with Gasteiger partial charge in [-0.2, -0.15) is 4.99 Å². The standard InChI is InChI=1S/C9H18N4OS2/c1-6(2)10-7(15)11-8(16-5)12-9(14)13(3)4/h6H,1-5H3,(H2,10,11,12,14,15). The molecule has 7 heteroatoms. The van der Waals surface area contributed by atoms with Gasteiger partial charge in [-0.1, -0.05) is 11.8 Å². The summed E-state index contributed by atoms with van der Waals surface area (Å²) in [5, 5.41) is 6.48. The fourth-order valence-corrected chi connectivity index (χ4v) is 1.46. The van der Waals surface area contributed by atoms with Crippen molar-refractivity contribution in [2.75, 3.05) is 20.4 Å². The lowest BCUT2D eigenvalue weighted by atomic mass is 10.4. The quantitative estimate of drug-likeness (QED) is 0.424. The highest BCUT2D eigenvalue weighted by molar-refractivity contribution is 8.13. The predicted molar refractivity (Wildman–Crippen MR) is 74.0 cm³/mol. The molecular weight excluding hydrogens is 244 g/mol. The molecule has 0 aliphatic heterocycles. The number of amidine groups is 1. The number of rotatable bonds is 1. The van der Waals surface area contributed by atoms with Gasteiger partial charge in [-0.15, -0.1) is 0 Å². The number of aliphatic imine (C=N–C) groups is 1. The van der Waals surface area contributed by atoms with Crippen LogP contribution in [0.3, 0.4) is 0 Å². The summed E-state index contributed by atoms with van der Waals surface area (Å²) in [5.74, 6) is 0. The molecule has 2 N–H and O–H groups in total. The molecule has 0 aliphatic carbocycles. The zero-order valence-electron chi connectivity index (χ0n) is 10.2. The number of hydrogen-bond acceptors (Lipinski definition) is 3. The number of nitrogens with zero attached hydrogens (tertiary/aromatic N) is 2. The van der Waals surface area contributed by atoms with Crippen LogP contribution in [0, 0.1) is 0 Å². The Kier molecular flexibility index (Phi) is 7.07. The minimum atomic E-state index is -0.222. The Balaban J connectivity index is 4.43. The topological polar surface area (TPSA) is 56.7 Å². The van der Waals surface area contributed by atoms with Crippen LogP contribution in [0.25, 0.3) is 0 Å². The van der Waals surface area contributed by atoms with Gasteiger partial charge in [-0.3, -0.25) is 5.32 Å². The molecular formula is C9H18N4OS2. The third kappa shape index (κ3) is 6.62. The van der Waals surface area contributed by atoms with Crippen molar-refractivity contribution in [3.63, 3.8) is 0 Å². The molecule has 0 atom stereocenters. The van der Waals surface area contributed by atoms with Crippen molar-refractivity contribution >= 4 is 40.3 Å². The lowest BCUT2D eigenvalue weighted by Crippen LogP contribution is -2.38. The first-order valence-electron chi connectivity index (χ1n) is 4.78. The van der Waals surface area contributed by atoms with Crippen LogP contribution in [0.1, 0.15) is 13.8 Å². The van der Waals surface area contributed by atoms with Gasteiger partial charge >= 0.3 is 6.03 Å². The molecule has 0 aromatic carbocycles. The Labute approximate surface area is 106 Å². The van der Waals surface area contributed by atoms with E-state index in [4.69, 9.17) is 12.2 Å². The van der Waals surface area contributed by atoms with E-state index in [1.807, 2.05) is 20.1 Å². The van der Waals surface area contributed by atoms with Crippen LogP contribution in [-0.4, -0.2) is 47.6 Å². The van der Waals surface area contributed by atoms with Crippen molar-refractivity contribution in [1.29, 1.82) is 0 Å². The van der Waals surface area contributed by atoms with Crippen LogP contribution < -0.4 is 10.6 Å². The lowest BCUT2D eigenvalue weighted by molar-refractivity contribution is 0.222. The monoisotopic (exact) mass is 262 g/mol. The van der Waals surface area contributed by atoms with E-state index in [9.17, 15) is 4.79 Å². The maximum atomic E-state index is 11.4. The Bertz CT molecular complexity index is 289. The van der Waals surface area contributed by atoms with E-state index in [2.05, 4.69) is 15.6 Å². The highest BCUT2D eigenvalue weighted by Crippen LogP contribution is 1.97. The predicted octanol–water partition coefficient (Wildman–Crippen LogP) is 1.26. The second-order valence-corrected chi connectivity index (χ2v) is 4.73. The second-order valence-electron chi connectivity index (χ2n) is 3.55. The summed E-state index contributed by atoms with van der Waals surface area (Å²) < 4.78 is 0. The molecule has 0 spiro atoms. The van der Waals surface area contributed by atoms with Gasteiger partial charge in [0.2, 0.25) is 0 Å². The van der Waals surface area contributed by atoms with E-state index in [-0.39, 0.29) is 12.1 Å². The minimum absolute atomic E-state index is 0.222. The van der Waals surface area contributed by atoms with Crippen LogP contribution in [0.5, 0.6) is 0 Å². The molecule has 0 radical (unpaired) electrons. The van der Waals surface area contributed by atoms with E-state index < -0.39 is 0 Å². The average Bonchev–Trinajstić information content (AvgIpc) is 2.14. The Morgan fingerprint density at radius 1 is 1.44 bits per heavy atom. The van der Waals surface area contributed by atoms with E-state index >= 15 is 0 Å². The largest absolute Gasteiger partial charge is 0.359 e. The summed E-state index contributed by atoms with van der Waals surface area (Å²) in [5.41, 5.74) is 0. The molecule has 0 heterocycles.